The van der Waals surface area contributed by atoms with E-state index in [0.717, 1.165) is 58.5 Å². The molecule has 5 heteroatoms. The van der Waals surface area contributed by atoms with Crippen LogP contribution in [-0.2, 0) is 9.53 Å². The van der Waals surface area contributed by atoms with Crippen LogP contribution in [0.5, 0.6) is 0 Å². The summed E-state index contributed by atoms with van der Waals surface area (Å²) in [4.78, 5) is 17.3. The first-order valence-electron chi connectivity index (χ1n) is 7.88. The number of hydrogen-bond donors (Lipinski definition) is 1. The van der Waals surface area contributed by atoms with Crippen LogP contribution in [0.15, 0.2) is 0 Å². The molecule has 0 atom stereocenters. The Kier molecular flexibility index (Phi) is 5.41. The normalized spacial score (nSPS) is 25.4. The summed E-state index contributed by atoms with van der Waals surface area (Å²) in [7, 11) is 1.52. The Labute approximate surface area is 122 Å². The molecule has 0 aromatic carbocycles. The predicted molar refractivity (Wildman–Crippen MR) is 79.7 cm³/mol. The molecule has 1 N–H and O–H groups in total. The highest BCUT2D eigenvalue weighted by atomic mass is 16.5. The van der Waals surface area contributed by atoms with Crippen LogP contribution < -0.4 is 5.32 Å². The van der Waals surface area contributed by atoms with Crippen molar-refractivity contribution in [2.24, 2.45) is 0 Å². The summed E-state index contributed by atoms with van der Waals surface area (Å²) >= 11 is 0. The molecule has 2 aliphatic heterocycles. The van der Waals surface area contributed by atoms with E-state index < -0.39 is 5.54 Å². The largest absolute Gasteiger partial charge is 0.468 e. The maximum Gasteiger partial charge on any atom is 0.326 e. The quantitative estimate of drug-likeness (QED) is 0.773. The van der Waals surface area contributed by atoms with Gasteiger partial charge in [-0.1, -0.05) is 0 Å². The van der Waals surface area contributed by atoms with Crippen molar-refractivity contribution in [1.29, 1.82) is 0 Å². The fourth-order valence-corrected chi connectivity index (χ4v) is 3.52. The van der Waals surface area contributed by atoms with Crippen LogP contribution in [0.25, 0.3) is 0 Å². The van der Waals surface area contributed by atoms with Gasteiger partial charge in [-0.15, -0.1) is 0 Å². The summed E-state index contributed by atoms with van der Waals surface area (Å²) in [5, 5.41) is 3.41. The van der Waals surface area contributed by atoms with E-state index in [1.807, 2.05) is 0 Å². The molecule has 0 aliphatic carbocycles. The SMILES string of the molecule is COC(=O)C1(N2CCCNCC2)CCN(C(C)C)CC1. The minimum atomic E-state index is -0.397. The van der Waals surface area contributed by atoms with E-state index in [1.165, 1.54) is 7.11 Å². The van der Waals surface area contributed by atoms with Crippen molar-refractivity contribution in [1.82, 2.24) is 15.1 Å². The summed E-state index contributed by atoms with van der Waals surface area (Å²) in [6.07, 6.45) is 2.88. The molecule has 0 aromatic rings. The van der Waals surface area contributed by atoms with E-state index in [2.05, 4.69) is 29.0 Å². The minimum absolute atomic E-state index is 0.0391. The third-order valence-corrected chi connectivity index (χ3v) is 4.87. The highest BCUT2D eigenvalue weighted by molar-refractivity contribution is 5.81. The maximum absolute atomic E-state index is 12.5. The fraction of sp³-hybridized carbons (Fsp3) is 0.933. The van der Waals surface area contributed by atoms with Gasteiger partial charge < -0.3 is 15.0 Å². The lowest BCUT2D eigenvalue weighted by Crippen LogP contribution is -2.61. The monoisotopic (exact) mass is 283 g/mol. The van der Waals surface area contributed by atoms with Crippen molar-refractivity contribution in [2.75, 3.05) is 46.4 Å². The lowest BCUT2D eigenvalue weighted by Gasteiger charge is -2.47. The molecular weight excluding hydrogens is 254 g/mol. The van der Waals surface area contributed by atoms with Gasteiger partial charge in [-0.05, 0) is 39.7 Å². The smallest absolute Gasteiger partial charge is 0.326 e. The number of rotatable bonds is 3. The predicted octanol–water partition coefficient (Wildman–Crippen LogP) is 0.698. The van der Waals surface area contributed by atoms with Gasteiger partial charge >= 0.3 is 5.97 Å². The molecule has 2 heterocycles. The van der Waals surface area contributed by atoms with Crippen LogP contribution in [0.1, 0.15) is 33.1 Å². The Balaban J connectivity index is 2.12. The molecule has 20 heavy (non-hydrogen) atoms. The van der Waals surface area contributed by atoms with Gasteiger partial charge in [0.15, 0.2) is 0 Å². The molecule has 116 valence electrons. The van der Waals surface area contributed by atoms with Gasteiger partial charge in [-0.25, -0.2) is 0 Å². The number of esters is 1. The van der Waals surface area contributed by atoms with Crippen molar-refractivity contribution in [2.45, 2.75) is 44.7 Å². The zero-order valence-electron chi connectivity index (χ0n) is 13.2. The maximum atomic E-state index is 12.5. The summed E-state index contributed by atoms with van der Waals surface area (Å²) in [5.74, 6) is -0.0391. The van der Waals surface area contributed by atoms with Gasteiger partial charge in [-0.3, -0.25) is 9.69 Å². The molecule has 5 nitrogen and oxygen atoms in total. The number of hydrogen-bond acceptors (Lipinski definition) is 5. The third-order valence-electron chi connectivity index (χ3n) is 4.87. The number of piperidine rings is 1. The van der Waals surface area contributed by atoms with Crippen molar-refractivity contribution < 1.29 is 9.53 Å². The van der Waals surface area contributed by atoms with E-state index in [0.29, 0.717) is 6.04 Å². The molecule has 0 spiro atoms. The third kappa shape index (κ3) is 3.15. The molecule has 0 saturated carbocycles. The van der Waals surface area contributed by atoms with Crippen LogP contribution in [0.2, 0.25) is 0 Å². The van der Waals surface area contributed by atoms with E-state index in [1.54, 1.807) is 0 Å². The van der Waals surface area contributed by atoms with E-state index in [-0.39, 0.29) is 5.97 Å². The van der Waals surface area contributed by atoms with Gasteiger partial charge in [0, 0.05) is 38.8 Å². The number of methoxy groups -OCH3 is 1. The number of nitrogens with one attached hydrogen (secondary N) is 1. The Morgan fingerprint density at radius 1 is 1.15 bits per heavy atom. The summed E-state index contributed by atoms with van der Waals surface area (Å²) in [6, 6.07) is 0.552. The molecule has 2 rings (SSSR count). The van der Waals surface area contributed by atoms with E-state index >= 15 is 0 Å². The van der Waals surface area contributed by atoms with E-state index in [4.69, 9.17) is 4.74 Å². The van der Waals surface area contributed by atoms with Gasteiger partial charge in [0.1, 0.15) is 5.54 Å². The Morgan fingerprint density at radius 2 is 1.85 bits per heavy atom. The number of nitrogens with zero attached hydrogens (tertiary/aromatic N) is 2. The fourth-order valence-electron chi connectivity index (χ4n) is 3.52. The summed E-state index contributed by atoms with van der Waals surface area (Å²) < 4.78 is 5.16. The zero-order valence-corrected chi connectivity index (χ0v) is 13.2. The first-order chi connectivity index (χ1) is 9.60. The number of carbonyl (C=O) groups is 1. The van der Waals surface area contributed by atoms with Gasteiger partial charge in [-0.2, -0.15) is 0 Å². The number of likely N-dealkylation sites (tertiary alicyclic amines) is 1. The summed E-state index contributed by atoms with van der Waals surface area (Å²) in [5.41, 5.74) is -0.397. The molecule has 0 bridgehead atoms. The van der Waals surface area contributed by atoms with Crippen molar-refractivity contribution >= 4 is 5.97 Å². The molecule has 0 unspecified atom stereocenters. The second kappa shape index (κ2) is 6.87. The second-order valence-corrected chi connectivity index (χ2v) is 6.24. The van der Waals surface area contributed by atoms with Crippen LogP contribution in [0, 0.1) is 0 Å². The standard InChI is InChI=1S/C15H29N3O2/c1-13(2)17-10-5-15(6-11-17,14(19)20-3)18-9-4-7-16-8-12-18/h13,16H,4-12H2,1-3H3. The van der Waals surface area contributed by atoms with Crippen LogP contribution >= 0.6 is 0 Å². The summed E-state index contributed by atoms with van der Waals surface area (Å²) in [6.45, 7) is 10.4. The molecule has 0 radical (unpaired) electrons. The number of carbonyl (C=O) groups excluding carboxylic acids is 1. The molecule has 2 saturated heterocycles. The van der Waals surface area contributed by atoms with Crippen molar-refractivity contribution in [3.05, 3.63) is 0 Å². The highest BCUT2D eigenvalue weighted by Crippen LogP contribution is 2.31. The first-order valence-corrected chi connectivity index (χ1v) is 7.88. The molecular formula is C15H29N3O2. The number of ether oxygens (including phenoxy) is 1. The second-order valence-electron chi connectivity index (χ2n) is 6.24. The van der Waals surface area contributed by atoms with Gasteiger partial charge in [0.2, 0.25) is 0 Å². The van der Waals surface area contributed by atoms with Gasteiger partial charge in [0.25, 0.3) is 0 Å². The Bertz CT molecular complexity index is 317. The molecule has 0 aromatic heterocycles. The van der Waals surface area contributed by atoms with E-state index in [9.17, 15) is 4.79 Å². The van der Waals surface area contributed by atoms with Crippen LogP contribution in [0.3, 0.4) is 0 Å². The Hall–Kier alpha value is -0.650. The molecule has 2 fully saturated rings. The van der Waals surface area contributed by atoms with Crippen LogP contribution in [0.4, 0.5) is 0 Å². The molecule has 2 aliphatic rings. The first kappa shape index (κ1) is 15.7. The molecule has 0 amide bonds. The Morgan fingerprint density at radius 3 is 2.45 bits per heavy atom. The van der Waals surface area contributed by atoms with Crippen molar-refractivity contribution in [3.63, 3.8) is 0 Å². The average molecular weight is 283 g/mol. The van der Waals surface area contributed by atoms with Gasteiger partial charge in [0.05, 0.1) is 7.11 Å². The lowest BCUT2D eigenvalue weighted by atomic mass is 9.84. The topological polar surface area (TPSA) is 44.8 Å². The van der Waals surface area contributed by atoms with Crippen LogP contribution in [-0.4, -0.2) is 73.7 Å². The van der Waals surface area contributed by atoms with Crippen molar-refractivity contribution in [3.8, 4) is 0 Å². The zero-order chi connectivity index (χ0) is 14.6. The lowest BCUT2D eigenvalue weighted by molar-refractivity contribution is -0.159. The average Bonchev–Trinajstić information content (AvgIpc) is 2.75. The highest BCUT2D eigenvalue weighted by Gasteiger charge is 2.47. The minimum Gasteiger partial charge on any atom is -0.468 e.